The summed E-state index contributed by atoms with van der Waals surface area (Å²) in [5, 5.41) is 4.27. The molecule has 0 atom stereocenters. The monoisotopic (exact) mass is 418 g/mol. The SMILES string of the molecule is Cc1cc(C)c2nc(SCCC(=O)Nc3ccccc3C(F)(F)F)cc(C)c2c1. The quantitative estimate of drug-likeness (QED) is 0.495. The topological polar surface area (TPSA) is 42.0 Å². The van der Waals surface area contributed by atoms with Crippen molar-refractivity contribution in [3.05, 3.63) is 64.7 Å². The van der Waals surface area contributed by atoms with Crippen molar-refractivity contribution >= 4 is 34.3 Å². The largest absolute Gasteiger partial charge is 0.418 e. The van der Waals surface area contributed by atoms with Crippen LogP contribution in [0.5, 0.6) is 0 Å². The number of thioether (sulfide) groups is 1. The Morgan fingerprint density at radius 1 is 1.07 bits per heavy atom. The number of fused-ring (bicyclic) bond motifs is 1. The van der Waals surface area contributed by atoms with Crippen molar-refractivity contribution in [3.63, 3.8) is 0 Å². The minimum absolute atomic E-state index is 0.0858. The van der Waals surface area contributed by atoms with Crippen LogP contribution in [0.4, 0.5) is 18.9 Å². The number of amides is 1. The van der Waals surface area contributed by atoms with Gasteiger partial charge in [-0.3, -0.25) is 4.79 Å². The molecule has 0 radical (unpaired) electrons. The Bertz CT molecular complexity index is 1060. The summed E-state index contributed by atoms with van der Waals surface area (Å²) in [6, 6.07) is 11.1. The summed E-state index contributed by atoms with van der Waals surface area (Å²) >= 11 is 1.42. The molecule has 0 aliphatic heterocycles. The van der Waals surface area contributed by atoms with Crippen LogP contribution in [-0.2, 0) is 11.0 Å². The highest BCUT2D eigenvalue weighted by Crippen LogP contribution is 2.34. The number of benzene rings is 2. The molecule has 3 nitrogen and oxygen atoms in total. The first-order chi connectivity index (χ1) is 13.6. The summed E-state index contributed by atoms with van der Waals surface area (Å²) in [4.78, 5) is 16.8. The van der Waals surface area contributed by atoms with E-state index in [-0.39, 0.29) is 12.1 Å². The van der Waals surface area contributed by atoms with Crippen LogP contribution in [0.25, 0.3) is 10.9 Å². The third kappa shape index (κ3) is 5.09. The first-order valence-corrected chi connectivity index (χ1v) is 10.1. The molecule has 1 heterocycles. The van der Waals surface area contributed by atoms with E-state index in [1.165, 1.54) is 35.5 Å². The maximum atomic E-state index is 13.0. The first-order valence-electron chi connectivity index (χ1n) is 9.12. The maximum Gasteiger partial charge on any atom is 0.418 e. The Morgan fingerprint density at radius 2 is 1.79 bits per heavy atom. The Hall–Kier alpha value is -2.54. The van der Waals surface area contributed by atoms with Gasteiger partial charge in [-0.05, 0) is 56.2 Å². The van der Waals surface area contributed by atoms with Gasteiger partial charge in [0.05, 0.1) is 21.8 Å². The average molecular weight is 418 g/mol. The number of rotatable bonds is 5. The number of hydrogen-bond donors (Lipinski definition) is 1. The van der Waals surface area contributed by atoms with Crippen LogP contribution in [-0.4, -0.2) is 16.6 Å². The lowest BCUT2D eigenvalue weighted by molar-refractivity contribution is -0.137. The first kappa shape index (κ1) is 21.2. The molecule has 152 valence electrons. The van der Waals surface area contributed by atoms with Gasteiger partial charge in [0.2, 0.25) is 5.91 Å². The Kier molecular flexibility index (Phi) is 6.17. The van der Waals surface area contributed by atoms with Crippen LogP contribution < -0.4 is 5.32 Å². The van der Waals surface area contributed by atoms with Crippen molar-refractivity contribution < 1.29 is 18.0 Å². The summed E-state index contributed by atoms with van der Waals surface area (Å²) < 4.78 is 39.1. The van der Waals surface area contributed by atoms with Gasteiger partial charge in [-0.25, -0.2) is 4.98 Å². The van der Waals surface area contributed by atoms with Gasteiger partial charge in [-0.15, -0.1) is 11.8 Å². The van der Waals surface area contributed by atoms with Gasteiger partial charge < -0.3 is 5.32 Å². The number of nitrogens with one attached hydrogen (secondary N) is 1. The highest BCUT2D eigenvalue weighted by atomic mass is 32.2. The Labute approximate surface area is 171 Å². The third-order valence-electron chi connectivity index (χ3n) is 4.52. The van der Waals surface area contributed by atoms with Gasteiger partial charge >= 0.3 is 6.18 Å². The molecular weight excluding hydrogens is 397 g/mol. The number of halogens is 3. The van der Waals surface area contributed by atoms with Crippen LogP contribution in [0.1, 0.15) is 28.7 Å². The van der Waals surface area contributed by atoms with E-state index in [2.05, 4.69) is 22.4 Å². The highest BCUT2D eigenvalue weighted by Gasteiger charge is 2.33. The molecule has 0 unspecified atom stereocenters. The van der Waals surface area contributed by atoms with Crippen LogP contribution in [0.15, 0.2) is 47.5 Å². The van der Waals surface area contributed by atoms with E-state index < -0.39 is 17.6 Å². The number of pyridine rings is 1. The maximum absolute atomic E-state index is 13.0. The molecule has 0 aliphatic carbocycles. The second kappa shape index (κ2) is 8.45. The van der Waals surface area contributed by atoms with E-state index >= 15 is 0 Å². The number of anilines is 1. The zero-order valence-electron chi connectivity index (χ0n) is 16.4. The van der Waals surface area contributed by atoms with E-state index in [1.807, 2.05) is 26.8 Å². The van der Waals surface area contributed by atoms with Gasteiger partial charge in [0.15, 0.2) is 0 Å². The van der Waals surface area contributed by atoms with Crippen LogP contribution in [0.2, 0.25) is 0 Å². The van der Waals surface area contributed by atoms with Crippen LogP contribution >= 0.6 is 11.8 Å². The van der Waals surface area contributed by atoms with Crippen molar-refractivity contribution in [2.24, 2.45) is 0 Å². The number of para-hydroxylation sites is 1. The summed E-state index contributed by atoms with van der Waals surface area (Å²) in [7, 11) is 0. The fourth-order valence-electron chi connectivity index (χ4n) is 3.19. The lowest BCUT2D eigenvalue weighted by Gasteiger charge is -2.13. The highest BCUT2D eigenvalue weighted by molar-refractivity contribution is 7.99. The molecule has 1 N–H and O–H groups in total. The third-order valence-corrected chi connectivity index (χ3v) is 5.43. The van der Waals surface area contributed by atoms with E-state index in [9.17, 15) is 18.0 Å². The molecule has 0 bridgehead atoms. The Balaban J connectivity index is 1.66. The van der Waals surface area contributed by atoms with Gasteiger partial charge in [0, 0.05) is 17.6 Å². The van der Waals surface area contributed by atoms with Crippen molar-refractivity contribution in [1.29, 1.82) is 0 Å². The molecule has 3 rings (SSSR count). The molecule has 0 saturated heterocycles. The smallest absolute Gasteiger partial charge is 0.325 e. The van der Waals surface area contributed by atoms with Crippen molar-refractivity contribution in [3.8, 4) is 0 Å². The number of carbonyl (C=O) groups is 1. The molecule has 0 fully saturated rings. The number of alkyl halides is 3. The molecule has 0 spiro atoms. The number of hydrogen-bond acceptors (Lipinski definition) is 3. The number of aryl methyl sites for hydroxylation is 3. The molecular formula is C22H21F3N2OS. The molecule has 2 aromatic carbocycles. The number of nitrogens with zero attached hydrogens (tertiary/aromatic N) is 1. The van der Waals surface area contributed by atoms with E-state index in [4.69, 9.17) is 0 Å². The lowest BCUT2D eigenvalue weighted by atomic mass is 10.0. The van der Waals surface area contributed by atoms with Crippen molar-refractivity contribution in [2.75, 3.05) is 11.1 Å². The molecule has 0 aliphatic rings. The zero-order chi connectivity index (χ0) is 21.2. The number of carbonyl (C=O) groups excluding carboxylic acids is 1. The van der Waals surface area contributed by atoms with Crippen molar-refractivity contribution in [1.82, 2.24) is 4.98 Å². The molecule has 1 aromatic heterocycles. The summed E-state index contributed by atoms with van der Waals surface area (Å²) in [5.41, 5.74) is 3.23. The minimum Gasteiger partial charge on any atom is -0.325 e. The summed E-state index contributed by atoms with van der Waals surface area (Å²) in [6.45, 7) is 6.08. The molecule has 0 saturated carbocycles. The second-order valence-electron chi connectivity index (χ2n) is 6.95. The fraction of sp³-hybridized carbons (Fsp3) is 0.273. The Morgan fingerprint density at radius 3 is 2.52 bits per heavy atom. The summed E-state index contributed by atoms with van der Waals surface area (Å²) in [5.74, 6) is -0.0402. The average Bonchev–Trinajstić information content (AvgIpc) is 2.62. The van der Waals surface area contributed by atoms with Crippen LogP contribution in [0, 0.1) is 20.8 Å². The molecule has 3 aromatic rings. The van der Waals surface area contributed by atoms with Gasteiger partial charge in [-0.2, -0.15) is 13.2 Å². The fourth-order valence-corrected chi connectivity index (χ4v) is 4.10. The molecule has 7 heteroatoms. The molecule has 29 heavy (non-hydrogen) atoms. The van der Waals surface area contributed by atoms with Gasteiger partial charge in [-0.1, -0.05) is 23.8 Å². The van der Waals surface area contributed by atoms with Crippen molar-refractivity contribution in [2.45, 2.75) is 38.4 Å². The second-order valence-corrected chi connectivity index (χ2v) is 8.06. The van der Waals surface area contributed by atoms with Gasteiger partial charge in [0.25, 0.3) is 0 Å². The number of aromatic nitrogens is 1. The normalized spacial score (nSPS) is 11.7. The summed E-state index contributed by atoms with van der Waals surface area (Å²) in [6.07, 6.45) is -4.43. The predicted octanol–water partition coefficient (Wildman–Crippen LogP) is 6.30. The van der Waals surface area contributed by atoms with E-state index in [1.54, 1.807) is 0 Å². The molecule has 1 amide bonds. The van der Waals surface area contributed by atoms with Crippen LogP contribution in [0.3, 0.4) is 0 Å². The zero-order valence-corrected chi connectivity index (χ0v) is 17.2. The van der Waals surface area contributed by atoms with Gasteiger partial charge in [0.1, 0.15) is 0 Å². The standard InChI is InChI=1S/C22H21F3N2OS/c1-13-10-15(3)21-16(11-13)14(2)12-20(27-21)29-9-8-19(28)26-18-7-5-4-6-17(18)22(23,24)25/h4-7,10-12H,8-9H2,1-3H3,(H,26,28). The lowest BCUT2D eigenvalue weighted by Crippen LogP contribution is -2.16. The minimum atomic E-state index is -4.51. The van der Waals surface area contributed by atoms with E-state index in [0.29, 0.717) is 5.75 Å². The predicted molar refractivity (Wildman–Crippen MR) is 111 cm³/mol. The van der Waals surface area contributed by atoms with E-state index in [0.717, 1.165) is 33.1 Å².